The lowest BCUT2D eigenvalue weighted by Crippen LogP contribution is -2.13. The molecule has 1 aliphatic carbocycles. The molecule has 5 nitrogen and oxygen atoms in total. The third-order valence-electron chi connectivity index (χ3n) is 3.85. The maximum absolute atomic E-state index is 11.8. The van der Waals surface area contributed by atoms with Crippen molar-refractivity contribution in [3.05, 3.63) is 51.5 Å². The first-order valence-corrected chi connectivity index (χ1v) is 8.25. The number of anilines is 2. The highest BCUT2D eigenvalue weighted by molar-refractivity contribution is 7.18. The summed E-state index contributed by atoms with van der Waals surface area (Å²) in [6, 6.07) is 7.36. The predicted molar refractivity (Wildman–Crippen MR) is 90.5 cm³/mol. The molecule has 3 N–H and O–H groups in total. The van der Waals surface area contributed by atoms with E-state index in [9.17, 15) is 4.79 Å². The van der Waals surface area contributed by atoms with Gasteiger partial charge in [-0.2, -0.15) is 0 Å². The van der Waals surface area contributed by atoms with Crippen LogP contribution in [0, 0.1) is 0 Å². The van der Waals surface area contributed by atoms with Crippen LogP contribution in [0.5, 0.6) is 0 Å². The molecule has 0 radical (unpaired) electrons. The lowest BCUT2D eigenvalue weighted by Gasteiger charge is -2.13. The van der Waals surface area contributed by atoms with Crippen molar-refractivity contribution in [1.82, 2.24) is 5.16 Å². The van der Waals surface area contributed by atoms with E-state index >= 15 is 0 Å². The van der Waals surface area contributed by atoms with Gasteiger partial charge in [0, 0.05) is 16.3 Å². The van der Waals surface area contributed by atoms with Crippen molar-refractivity contribution >= 4 is 39.5 Å². The van der Waals surface area contributed by atoms with Crippen LogP contribution in [-0.2, 0) is 12.8 Å². The fourth-order valence-electron chi connectivity index (χ4n) is 2.80. The third kappa shape index (κ3) is 2.40. The number of carbonyl (C=O) groups excluding carboxylic acids is 1. The number of aromatic nitrogens is 1. The number of benzene rings is 1. The standard InChI is InChI=1S/C16H12ClN3O2S/c17-9-2-4-10(5-3-9)20-16-12-11(14(23-16)15(18)21)6-1-8-7-19-22-13(8)12/h2-5,7,20H,1,6H2,(H2,18,21). The van der Waals surface area contributed by atoms with Crippen LogP contribution in [0.2, 0.25) is 5.02 Å². The van der Waals surface area contributed by atoms with Crippen molar-refractivity contribution in [2.45, 2.75) is 12.8 Å². The number of nitrogens with one attached hydrogen (secondary N) is 1. The van der Waals surface area contributed by atoms with Gasteiger partial charge in [0.2, 0.25) is 0 Å². The van der Waals surface area contributed by atoms with Crippen LogP contribution in [0.3, 0.4) is 0 Å². The normalized spacial score (nSPS) is 12.6. The van der Waals surface area contributed by atoms with Gasteiger partial charge >= 0.3 is 0 Å². The zero-order valence-electron chi connectivity index (χ0n) is 11.9. The van der Waals surface area contributed by atoms with E-state index in [0.29, 0.717) is 15.7 Å². The number of thiophene rings is 1. The number of nitrogens with zero attached hydrogens (tertiary/aromatic N) is 1. The maximum atomic E-state index is 11.8. The molecule has 7 heteroatoms. The quantitative estimate of drug-likeness (QED) is 0.751. The second-order valence-corrected chi connectivity index (χ2v) is 6.75. The van der Waals surface area contributed by atoms with E-state index in [1.807, 2.05) is 12.1 Å². The Morgan fingerprint density at radius 2 is 2.09 bits per heavy atom. The van der Waals surface area contributed by atoms with Gasteiger partial charge in [0.05, 0.1) is 16.6 Å². The molecule has 0 atom stereocenters. The second-order valence-electron chi connectivity index (χ2n) is 5.29. The smallest absolute Gasteiger partial charge is 0.259 e. The molecule has 0 unspecified atom stereocenters. The van der Waals surface area contributed by atoms with Crippen LogP contribution in [-0.4, -0.2) is 11.1 Å². The number of primary amides is 1. The number of carbonyl (C=O) groups is 1. The Hall–Kier alpha value is -2.31. The van der Waals surface area contributed by atoms with E-state index < -0.39 is 5.91 Å². The lowest BCUT2D eigenvalue weighted by molar-refractivity contribution is 0.100. The van der Waals surface area contributed by atoms with Gasteiger partial charge in [0.15, 0.2) is 5.76 Å². The average molecular weight is 346 g/mol. The zero-order chi connectivity index (χ0) is 16.0. The summed E-state index contributed by atoms with van der Waals surface area (Å²) >= 11 is 7.26. The second kappa shape index (κ2) is 5.40. The van der Waals surface area contributed by atoms with Gasteiger partial charge in [-0.05, 0) is 42.7 Å². The third-order valence-corrected chi connectivity index (χ3v) is 5.26. The summed E-state index contributed by atoms with van der Waals surface area (Å²) in [6.45, 7) is 0. The van der Waals surface area contributed by atoms with Crippen LogP contribution >= 0.6 is 22.9 Å². The highest BCUT2D eigenvalue weighted by Gasteiger charge is 2.30. The summed E-state index contributed by atoms with van der Waals surface area (Å²) in [5.41, 5.74) is 9.28. The number of amides is 1. The molecular weight excluding hydrogens is 334 g/mol. The number of rotatable bonds is 3. The monoisotopic (exact) mass is 345 g/mol. The number of aryl methyl sites for hydroxylation is 1. The predicted octanol–water partition coefficient (Wildman–Crippen LogP) is 4.00. The molecular formula is C16H12ClN3O2S. The molecule has 23 heavy (non-hydrogen) atoms. The van der Waals surface area contributed by atoms with Gasteiger partial charge in [-0.3, -0.25) is 4.79 Å². The highest BCUT2D eigenvalue weighted by Crippen LogP contribution is 2.46. The van der Waals surface area contributed by atoms with Crippen molar-refractivity contribution in [3.8, 4) is 11.3 Å². The number of hydrogen-bond acceptors (Lipinski definition) is 5. The molecule has 2 aromatic heterocycles. The molecule has 116 valence electrons. The Labute approximate surface area is 141 Å². The average Bonchev–Trinajstić information content (AvgIpc) is 3.13. The number of hydrogen-bond donors (Lipinski definition) is 2. The minimum atomic E-state index is -0.418. The summed E-state index contributed by atoms with van der Waals surface area (Å²) in [7, 11) is 0. The van der Waals surface area contributed by atoms with E-state index in [0.717, 1.165) is 40.2 Å². The van der Waals surface area contributed by atoms with Crippen molar-refractivity contribution < 1.29 is 9.32 Å². The molecule has 1 amide bonds. The topological polar surface area (TPSA) is 81.2 Å². The highest BCUT2D eigenvalue weighted by atomic mass is 35.5. The van der Waals surface area contributed by atoms with Crippen molar-refractivity contribution in [2.75, 3.05) is 5.32 Å². The molecule has 0 saturated heterocycles. The number of fused-ring (bicyclic) bond motifs is 3. The minimum absolute atomic E-state index is 0.418. The first kappa shape index (κ1) is 14.3. The fourth-order valence-corrected chi connectivity index (χ4v) is 4.04. The summed E-state index contributed by atoms with van der Waals surface area (Å²) < 4.78 is 5.42. The number of halogens is 1. The van der Waals surface area contributed by atoms with Crippen molar-refractivity contribution in [2.24, 2.45) is 5.73 Å². The zero-order valence-corrected chi connectivity index (χ0v) is 13.5. The number of nitrogens with two attached hydrogens (primary N) is 1. The summed E-state index contributed by atoms with van der Waals surface area (Å²) in [5, 5.41) is 8.71. The van der Waals surface area contributed by atoms with Gasteiger partial charge in [-0.15, -0.1) is 11.3 Å². The van der Waals surface area contributed by atoms with Crippen LogP contribution in [0.1, 0.15) is 20.8 Å². The van der Waals surface area contributed by atoms with Gasteiger partial charge < -0.3 is 15.6 Å². The Kier molecular flexibility index (Phi) is 3.36. The van der Waals surface area contributed by atoms with Crippen LogP contribution < -0.4 is 11.1 Å². The van der Waals surface area contributed by atoms with Gasteiger partial charge in [0.25, 0.3) is 5.91 Å². The minimum Gasteiger partial charge on any atom is -0.365 e. The van der Waals surface area contributed by atoms with Crippen LogP contribution in [0.4, 0.5) is 10.7 Å². The maximum Gasteiger partial charge on any atom is 0.259 e. The molecule has 0 spiro atoms. The van der Waals surface area contributed by atoms with Crippen molar-refractivity contribution in [1.29, 1.82) is 0 Å². The van der Waals surface area contributed by atoms with E-state index in [1.54, 1.807) is 18.3 Å². The first-order valence-electron chi connectivity index (χ1n) is 7.05. The lowest BCUT2D eigenvalue weighted by atomic mass is 9.92. The summed E-state index contributed by atoms with van der Waals surface area (Å²) in [6.07, 6.45) is 3.27. The summed E-state index contributed by atoms with van der Waals surface area (Å²) in [5.74, 6) is 0.296. The first-order chi connectivity index (χ1) is 11.1. The SMILES string of the molecule is NC(=O)c1sc(Nc2ccc(Cl)cc2)c2c1CCc1cnoc1-2. The van der Waals surface area contributed by atoms with Gasteiger partial charge in [-0.25, -0.2) is 0 Å². The molecule has 3 aromatic rings. The molecule has 0 aliphatic heterocycles. The van der Waals surface area contributed by atoms with Crippen LogP contribution in [0.25, 0.3) is 11.3 Å². The molecule has 4 rings (SSSR count). The fraction of sp³-hybridized carbons (Fsp3) is 0.125. The molecule has 0 bridgehead atoms. The van der Waals surface area contributed by atoms with E-state index in [2.05, 4.69) is 10.5 Å². The Morgan fingerprint density at radius 3 is 2.83 bits per heavy atom. The van der Waals surface area contributed by atoms with E-state index in [1.165, 1.54) is 11.3 Å². The Bertz CT molecular complexity index is 899. The van der Waals surface area contributed by atoms with Gasteiger partial charge in [0.1, 0.15) is 5.00 Å². The summed E-state index contributed by atoms with van der Waals surface area (Å²) in [4.78, 5) is 12.3. The van der Waals surface area contributed by atoms with Crippen LogP contribution in [0.15, 0.2) is 35.0 Å². The largest absolute Gasteiger partial charge is 0.365 e. The van der Waals surface area contributed by atoms with E-state index in [-0.39, 0.29) is 0 Å². The Morgan fingerprint density at radius 1 is 1.30 bits per heavy atom. The molecule has 1 aromatic carbocycles. The molecule has 2 heterocycles. The van der Waals surface area contributed by atoms with E-state index in [4.69, 9.17) is 21.9 Å². The van der Waals surface area contributed by atoms with Crippen molar-refractivity contribution in [3.63, 3.8) is 0 Å². The molecule has 0 fully saturated rings. The van der Waals surface area contributed by atoms with Gasteiger partial charge in [-0.1, -0.05) is 16.8 Å². The molecule has 1 aliphatic rings. The molecule has 0 saturated carbocycles. The Balaban J connectivity index is 1.84.